The Morgan fingerprint density at radius 1 is 1.32 bits per heavy atom. The molecule has 0 saturated heterocycles. The largest absolute Gasteiger partial charge is 0.508 e. The van der Waals surface area contributed by atoms with Crippen LogP contribution in [-0.4, -0.2) is 30.9 Å². The Morgan fingerprint density at radius 2 is 2.07 bits per heavy atom. The molecule has 3 aromatic rings. The summed E-state index contributed by atoms with van der Waals surface area (Å²) >= 11 is 6.42. The number of aliphatic hydroxyl groups is 1. The first kappa shape index (κ1) is 19.0. The van der Waals surface area contributed by atoms with Gasteiger partial charge < -0.3 is 15.5 Å². The molecule has 1 aliphatic rings. The van der Waals surface area contributed by atoms with E-state index in [0.717, 1.165) is 53.2 Å². The summed E-state index contributed by atoms with van der Waals surface area (Å²) in [4.78, 5) is 4.81. The maximum atomic E-state index is 10.5. The number of hydrogen-bond acceptors (Lipinski definition) is 5. The Bertz CT molecular complexity index is 1040. The van der Waals surface area contributed by atoms with E-state index < -0.39 is 6.10 Å². The third-order valence-corrected chi connectivity index (χ3v) is 5.91. The lowest BCUT2D eigenvalue weighted by Crippen LogP contribution is -2.21. The van der Waals surface area contributed by atoms with Crippen molar-refractivity contribution in [3.05, 3.63) is 40.2 Å². The number of aliphatic hydroxyl groups excluding tert-OH is 1. The molecular weight excluding hydrogens is 376 g/mol. The Balaban J connectivity index is 1.99. The molecule has 2 heterocycles. The summed E-state index contributed by atoms with van der Waals surface area (Å²) in [6.07, 6.45) is 2.86. The molecule has 0 radical (unpaired) electrons. The number of halogens is 1. The summed E-state index contributed by atoms with van der Waals surface area (Å²) < 4.78 is 1.85. The fourth-order valence-corrected chi connectivity index (χ4v) is 4.27. The first-order valence-electron chi connectivity index (χ1n) is 9.80. The van der Waals surface area contributed by atoms with E-state index in [0.29, 0.717) is 23.1 Å². The lowest BCUT2D eigenvalue weighted by Gasteiger charge is -2.20. The van der Waals surface area contributed by atoms with Crippen molar-refractivity contribution in [3.8, 4) is 16.9 Å². The monoisotopic (exact) mass is 400 g/mol. The number of benzene rings is 1. The SMILES string of the molecule is CCC(CC)Nc1c2c(nc3c(-c4ccc(O)cc4Cl)c(C)nn13)C(O)CC2. The predicted octanol–water partition coefficient (Wildman–Crippen LogP) is 4.64. The van der Waals surface area contributed by atoms with Crippen LogP contribution >= 0.6 is 11.6 Å². The van der Waals surface area contributed by atoms with Gasteiger partial charge in [0.2, 0.25) is 0 Å². The van der Waals surface area contributed by atoms with Crippen LogP contribution < -0.4 is 5.32 Å². The molecule has 0 bridgehead atoms. The Hall–Kier alpha value is -2.31. The third kappa shape index (κ3) is 3.01. The lowest BCUT2D eigenvalue weighted by molar-refractivity contribution is 0.176. The molecule has 3 N–H and O–H groups in total. The molecule has 1 atom stereocenters. The van der Waals surface area contributed by atoms with Crippen LogP contribution in [0.1, 0.15) is 56.2 Å². The number of anilines is 1. The summed E-state index contributed by atoms with van der Waals surface area (Å²) in [5, 5.41) is 29.0. The van der Waals surface area contributed by atoms with E-state index in [2.05, 4.69) is 19.2 Å². The van der Waals surface area contributed by atoms with Gasteiger partial charge in [0.1, 0.15) is 11.6 Å². The summed E-state index contributed by atoms with van der Waals surface area (Å²) in [6.45, 7) is 6.24. The molecule has 0 aliphatic heterocycles. The van der Waals surface area contributed by atoms with Gasteiger partial charge in [-0.3, -0.25) is 0 Å². The number of aromatic hydroxyl groups is 1. The highest BCUT2D eigenvalue weighted by atomic mass is 35.5. The van der Waals surface area contributed by atoms with Gasteiger partial charge >= 0.3 is 0 Å². The van der Waals surface area contributed by atoms with Crippen LogP contribution in [0.2, 0.25) is 5.02 Å². The Morgan fingerprint density at radius 3 is 2.75 bits per heavy atom. The molecule has 1 aliphatic carbocycles. The van der Waals surface area contributed by atoms with E-state index in [9.17, 15) is 10.2 Å². The standard InChI is InChI=1S/C21H25ClN4O2/c1-4-12(5-2)23-20-15-8-9-17(28)19(15)24-21-18(11(3)25-26(20)21)14-7-6-13(27)10-16(14)22/h6-7,10,12,17,23,27-28H,4-5,8-9H2,1-3H3. The summed E-state index contributed by atoms with van der Waals surface area (Å²) in [5.41, 5.74) is 4.80. The minimum atomic E-state index is -0.569. The van der Waals surface area contributed by atoms with Gasteiger partial charge in [-0.1, -0.05) is 25.4 Å². The maximum absolute atomic E-state index is 10.5. The highest BCUT2D eigenvalue weighted by molar-refractivity contribution is 6.33. The van der Waals surface area contributed by atoms with E-state index in [1.165, 1.54) is 6.07 Å². The van der Waals surface area contributed by atoms with Gasteiger partial charge in [0, 0.05) is 17.2 Å². The van der Waals surface area contributed by atoms with Crippen LogP contribution in [0.5, 0.6) is 5.75 Å². The zero-order valence-electron chi connectivity index (χ0n) is 16.3. The van der Waals surface area contributed by atoms with Gasteiger partial charge in [-0.25, -0.2) is 4.98 Å². The quantitative estimate of drug-likeness (QED) is 0.581. The summed E-state index contributed by atoms with van der Waals surface area (Å²) in [7, 11) is 0. The number of nitrogens with zero attached hydrogens (tertiary/aromatic N) is 3. The first-order chi connectivity index (χ1) is 13.4. The van der Waals surface area contributed by atoms with E-state index in [-0.39, 0.29) is 5.75 Å². The molecule has 6 nitrogen and oxygen atoms in total. The van der Waals surface area contributed by atoms with E-state index >= 15 is 0 Å². The van der Waals surface area contributed by atoms with Gasteiger partial charge in [0.05, 0.1) is 28.1 Å². The van der Waals surface area contributed by atoms with Gasteiger partial charge in [0.25, 0.3) is 0 Å². The minimum absolute atomic E-state index is 0.114. The zero-order chi connectivity index (χ0) is 20.0. The van der Waals surface area contributed by atoms with Crippen LogP contribution in [-0.2, 0) is 6.42 Å². The third-order valence-electron chi connectivity index (χ3n) is 5.60. The van der Waals surface area contributed by atoms with Crippen molar-refractivity contribution in [1.29, 1.82) is 0 Å². The number of rotatable bonds is 5. The van der Waals surface area contributed by atoms with Crippen LogP contribution in [0.15, 0.2) is 18.2 Å². The molecule has 2 aromatic heterocycles. The first-order valence-corrected chi connectivity index (χ1v) is 10.2. The highest BCUT2D eigenvalue weighted by Crippen LogP contribution is 2.40. The van der Waals surface area contributed by atoms with Gasteiger partial charge in [0.15, 0.2) is 5.65 Å². The molecule has 148 valence electrons. The molecule has 1 aromatic carbocycles. The second kappa shape index (κ2) is 7.26. The number of aromatic nitrogens is 3. The smallest absolute Gasteiger partial charge is 0.165 e. The van der Waals surface area contributed by atoms with Crippen LogP contribution in [0.3, 0.4) is 0 Å². The molecule has 0 saturated carbocycles. The van der Waals surface area contributed by atoms with Crippen molar-refractivity contribution < 1.29 is 10.2 Å². The highest BCUT2D eigenvalue weighted by Gasteiger charge is 2.30. The van der Waals surface area contributed by atoms with Gasteiger partial charge in [-0.05, 0) is 50.8 Å². The number of phenolic OH excluding ortho intramolecular Hbond substituents is 1. The average Bonchev–Trinajstić information content (AvgIpc) is 3.19. The predicted molar refractivity (Wildman–Crippen MR) is 111 cm³/mol. The number of aryl methyl sites for hydroxylation is 1. The molecule has 28 heavy (non-hydrogen) atoms. The number of fused-ring (bicyclic) bond motifs is 2. The van der Waals surface area contributed by atoms with Crippen molar-refractivity contribution in [2.24, 2.45) is 0 Å². The fraction of sp³-hybridized carbons (Fsp3) is 0.429. The number of phenols is 1. The lowest BCUT2D eigenvalue weighted by atomic mass is 10.1. The molecule has 0 spiro atoms. The van der Waals surface area contributed by atoms with Crippen LogP contribution in [0, 0.1) is 6.92 Å². The fourth-order valence-electron chi connectivity index (χ4n) is 4.00. The minimum Gasteiger partial charge on any atom is -0.508 e. The molecule has 7 heteroatoms. The molecule has 0 amide bonds. The van der Waals surface area contributed by atoms with Gasteiger partial charge in [-0.15, -0.1) is 0 Å². The van der Waals surface area contributed by atoms with E-state index in [1.54, 1.807) is 12.1 Å². The average molecular weight is 401 g/mol. The van der Waals surface area contributed by atoms with Crippen molar-refractivity contribution in [3.63, 3.8) is 0 Å². The normalized spacial score (nSPS) is 16.1. The second-order valence-corrected chi connectivity index (χ2v) is 7.80. The zero-order valence-corrected chi connectivity index (χ0v) is 17.1. The second-order valence-electron chi connectivity index (χ2n) is 7.40. The van der Waals surface area contributed by atoms with Crippen LogP contribution in [0.25, 0.3) is 16.8 Å². The van der Waals surface area contributed by atoms with Gasteiger partial charge in [-0.2, -0.15) is 9.61 Å². The van der Waals surface area contributed by atoms with Crippen molar-refractivity contribution in [2.45, 2.75) is 58.6 Å². The topological polar surface area (TPSA) is 82.7 Å². The van der Waals surface area contributed by atoms with Crippen molar-refractivity contribution in [2.75, 3.05) is 5.32 Å². The maximum Gasteiger partial charge on any atom is 0.165 e. The van der Waals surface area contributed by atoms with Crippen LogP contribution in [0.4, 0.5) is 5.82 Å². The van der Waals surface area contributed by atoms with E-state index in [1.807, 2.05) is 11.4 Å². The summed E-state index contributed by atoms with van der Waals surface area (Å²) in [5.74, 6) is 1.03. The van der Waals surface area contributed by atoms with Crippen molar-refractivity contribution in [1.82, 2.24) is 14.6 Å². The van der Waals surface area contributed by atoms with E-state index in [4.69, 9.17) is 21.7 Å². The molecule has 4 rings (SSSR count). The molecule has 0 fully saturated rings. The molecular formula is C21H25ClN4O2. The summed E-state index contributed by atoms with van der Waals surface area (Å²) in [6, 6.07) is 5.22. The van der Waals surface area contributed by atoms with Crippen molar-refractivity contribution >= 4 is 23.1 Å². The number of hydrogen-bond donors (Lipinski definition) is 3. The molecule has 1 unspecified atom stereocenters. The number of nitrogens with one attached hydrogen (secondary N) is 1. The Kier molecular flexibility index (Phi) is 4.93. The Labute approximate surface area is 169 Å².